The van der Waals surface area contributed by atoms with Crippen molar-refractivity contribution in [2.75, 3.05) is 26.7 Å². The number of methoxy groups -OCH3 is 1. The van der Waals surface area contributed by atoms with E-state index >= 15 is 0 Å². The third-order valence-electron chi connectivity index (χ3n) is 4.59. The topological polar surface area (TPSA) is 12.5 Å². The minimum absolute atomic E-state index is 0.705. The monoisotopic (exact) mass is 245 g/mol. The normalized spacial score (nSPS) is 26.8. The first kappa shape index (κ1) is 12.0. The Balaban J connectivity index is 1.92. The molecule has 2 aliphatic rings. The lowest BCUT2D eigenvalue weighted by molar-refractivity contribution is 0.322. The molecule has 0 saturated carbocycles. The average Bonchev–Trinajstić information content (AvgIpc) is 2.81. The molecule has 1 aromatic carbocycles. The van der Waals surface area contributed by atoms with Gasteiger partial charge in [-0.25, -0.2) is 0 Å². The van der Waals surface area contributed by atoms with Crippen LogP contribution >= 0.6 is 0 Å². The van der Waals surface area contributed by atoms with E-state index in [1.165, 1.54) is 50.0 Å². The Kier molecular flexibility index (Phi) is 3.29. The van der Waals surface area contributed by atoms with Crippen LogP contribution in [0.15, 0.2) is 18.2 Å². The van der Waals surface area contributed by atoms with E-state index in [-0.39, 0.29) is 0 Å². The Labute approximate surface area is 110 Å². The van der Waals surface area contributed by atoms with Gasteiger partial charge in [-0.1, -0.05) is 19.1 Å². The van der Waals surface area contributed by atoms with Gasteiger partial charge in [-0.2, -0.15) is 0 Å². The molecule has 0 aromatic heterocycles. The van der Waals surface area contributed by atoms with Crippen molar-refractivity contribution in [1.29, 1.82) is 0 Å². The lowest BCUT2D eigenvalue weighted by atomic mass is 9.76. The number of hydrogen-bond acceptors (Lipinski definition) is 2. The second kappa shape index (κ2) is 4.93. The van der Waals surface area contributed by atoms with Crippen molar-refractivity contribution in [2.24, 2.45) is 5.92 Å². The first-order valence-electron chi connectivity index (χ1n) is 7.21. The zero-order valence-corrected chi connectivity index (χ0v) is 11.5. The molecule has 1 aliphatic heterocycles. The van der Waals surface area contributed by atoms with Crippen molar-refractivity contribution in [3.63, 3.8) is 0 Å². The second-order valence-corrected chi connectivity index (χ2v) is 5.70. The molecule has 1 aliphatic carbocycles. The van der Waals surface area contributed by atoms with Crippen LogP contribution < -0.4 is 4.74 Å². The van der Waals surface area contributed by atoms with Gasteiger partial charge in [0.2, 0.25) is 0 Å². The number of ether oxygens (including phenoxy) is 1. The molecular formula is C16H23NO. The van der Waals surface area contributed by atoms with E-state index in [9.17, 15) is 0 Å². The van der Waals surface area contributed by atoms with E-state index in [0.717, 1.165) is 11.7 Å². The minimum atomic E-state index is 0.705. The highest BCUT2D eigenvalue weighted by molar-refractivity contribution is 5.45. The average molecular weight is 245 g/mol. The van der Waals surface area contributed by atoms with Gasteiger partial charge in [-0.3, -0.25) is 0 Å². The summed E-state index contributed by atoms with van der Waals surface area (Å²) in [6.07, 6.45) is 3.84. The van der Waals surface area contributed by atoms with Gasteiger partial charge < -0.3 is 9.64 Å². The maximum atomic E-state index is 5.60. The van der Waals surface area contributed by atoms with Crippen LogP contribution in [-0.2, 0) is 6.42 Å². The van der Waals surface area contributed by atoms with Crippen LogP contribution in [0.5, 0.6) is 5.75 Å². The van der Waals surface area contributed by atoms with Crippen molar-refractivity contribution in [3.8, 4) is 5.75 Å². The highest BCUT2D eigenvalue weighted by atomic mass is 16.5. The molecule has 0 N–H and O–H groups in total. The van der Waals surface area contributed by atoms with E-state index < -0.39 is 0 Å². The van der Waals surface area contributed by atoms with E-state index in [0.29, 0.717) is 5.92 Å². The fraction of sp³-hybridized carbons (Fsp3) is 0.625. The van der Waals surface area contributed by atoms with Crippen LogP contribution in [0.2, 0.25) is 0 Å². The predicted octanol–water partition coefficient (Wildman–Crippen LogP) is 3.07. The Morgan fingerprint density at radius 1 is 1.33 bits per heavy atom. The number of fused-ring (bicyclic) bond motifs is 3. The number of hydrogen-bond donors (Lipinski definition) is 0. The summed E-state index contributed by atoms with van der Waals surface area (Å²) in [6.45, 7) is 6.04. The Bertz CT molecular complexity index is 415. The third-order valence-corrected chi connectivity index (χ3v) is 4.59. The van der Waals surface area contributed by atoms with E-state index in [2.05, 4.69) is 30.0 Å². The standard InChI is InChI=1S/C16H23NO/c1-3-9-17-10-13-8-7-12-5-4-6-15(18-2)16(12)14(13)11-17/h4-6,13-14H,3,7-11H2,1-2H3/t13-,14-/m1/s1. The SMILES string of the molecule is CCCN1C[C@H]2CCc3cccc(OC)c3[C@@H]2C1. The molecule has 2 nitrogen and oxygen atoms in total. The first-order valence-corrected chi connectivity index (χ1v) is 7.21. The van der Waals surface area contributed by atoms with Crippen LogP contribution in [0.4, 0.5) is 0 Å². The third kappa shape index (κ3) is 1.93. The van der Waals surface area contributed by atoms with Gasteiger partial charge in [0.1, 0.15) is 5.75 Å². The van der Waals surface area contributed by atoms with Crippen molar-refractivity contribution in [1.82, 2.24) is 4.90 Å². The quantitative estimate of drug-likeness (QED) is 0.811. The van der Waals surface area contributed by atoms with Crippen LogP contribution in [0.25, 0.3) is 0 Å². The Morgan fingerprint density at radius 2 is 2.22 bits per heavy atom. The highest BCUT2D eigenvalue weighted by Gasteiger charge is 2.38. The van der Waals surface area contributed by atoms with E-state index in [1.54, 1.807) is 7.11 Å². The molecule has 0 bridgehead atoms. The zero-order chi connectivity index (χ0) is 12.5. The smallest absolute Gasteiger partial charge is 0.122 e. The van der Waals surface area contributed by atoms with Crippen molar-refractivity contribution in [3.05, 3.63) is 29.3 Å². The fourth-order valence-corrected chi connectivity index (χ4v) is 3.83. The summed E-state index contributed by atoms with van der Waals surface area (Å²) in [4.78, 5) is 2.64. The Hall–Kier alpha value is -1.02. The summed E-state index contributed by atoms with van der Waals surface area (Å²) < 4.78 is 5.60. The largest absolute Gasteiger partial charge is 0.496 e. The van der Waals surface area contributed by atoms with Crippen molar-refractivity contribution in [2.45, 2.75) is 32.1 Å². The van der Waals surface area contributed by atoms with Crippen LogP contribution in [0, 0.1) is 5.92 Å². The van der Waals surface area contributed by atoms with Gasteiger partial charge in [0, 0.05) is 24.6 Å². The first-order chi connectivity index (χ1) is 8.83. The number of benzene rings is 1. The molecule has 0 amide bonds. The lowest BCUT2D eigenvalue weighted by Crippen LogP contribution is -2.21. The van der Waals surface area contributed by atoms with E-state index in [4.69, 9.17) is 4.74 Å². The molecule has 1 saturated heterocycles. The van der Waals surface area contributed by atoms with E-state index in [1.807, 2.05) is 0 Å². The summed E-state index contributed by atoms with van der Waals surface area (Å²) in [5.74, 6) is 2.66. The molecule has 18 heavy (non-hydrogen) atoms. The molecule has 2 heteroatoms. The minimum Gasteiger partial charge on any atom is -0.496 e. The molecule has 0 radical (unpaired) electrons. The lowest BCUT2D eigenvalue weighted by Gasteiger charge is -2.28. The maximum Gasteiger partial charge on any atom is 0.122 e. The fourth-order valence-electron chi connectivity index (χ4n) is 3.83. The molecule has 3 rings (SSSR count). The maximum absolute atomic E-state index is 5.60. The van der Waals surface area contributed by atoms with Crippen LogP contribution in [0.3, 0.4) is 0 Å². The van der Waals surface area contributed by atoms with Crippen LogP contribution in [-0.4, -0.2) is 31.6 Å². The molecule has 2 atom stereocenters. The van der Waals surface area contributed by atoms with Gasteiger partial charge in [0.25, 0.3) is 0 Å². The number of nitrogens with zero attached hydrogens (tertiary/aromatic N) is 1. The van der Waals surface area contributed by atoms with Gasteiger partial charge in [-0.05, 0) is 43.4 Å². The van der Waals surface area contributed by atoms with Gasteiger partial charge in [-0.15, -0.1) is 0 Å². The summed E-state index contributed by atoms with van der Waals surface area (Å²) in [7, 11) is 1.80. The molecule has 1 aromatic rings. The van der Waals surface area contributed by atoms with Crippen molar-refractivity contribution >= 4 is 0 Å². The van der Waals surface area contributed by atoms with Gasteiger partial charge in [0.15, 0.2) is 0 Å². The number of likely N-dealkylation sites (tertiary alicyclic amines) is 1. The highest BCUT2D eigenvalue weighted by Crippen LogP contribution is 2.45. The van der Waals surface area contributed by atoms with Gasteiger partial charge >= 0.3 is 0 Å². The molecule has 1 heterocycles. The zero-order valence-electron chi connectivity index (χ0n) is 11.5. The number of rotatable bonds is 3. The summed E-state index contributed by atoms with van der Waals surface area (Å²) >= 11 is 0. The number of aryl methyl sites for hydroxylation is 1. The van der Waals surface area contributed by atoms with Gasteiger partial charge in [0.05, 0.1) is 7.11 Å². The molecule has 0 unspecified atom stereocenters. The summed E-state index contributed by atoms with van der Waals surface area (Å²) in [5.41, 5.74) is 3.03. The molecule has 1 fully saturated rings. The summed E-state index contributed by atoms with van der Waals surface area (Å²) in [6, 6.07) is 6.55. The molecule has 0 spiro atoms. The molecular weight excluding hydrogens is 222 g/mol. The second-order valence-electron chi connectivity index (χ2n) is 5.70. The summed E-state index contributed by atoms with van der Waals surface area (Å²) in [5, 5.41) is 0. The van der Waals surface area contributed by atoms with Crippen LogP contribution in [0.1, 0.15) is 36.8 Å². The molecule has 98 valence electrons. The Morgan fingerprint density at radius 3 is 3.00 bits per heavy atom. The van der Waals surface area contributed by atoms with Crippen molar-refractivity contribution < 1.29 is 4.74 Å². The predicted molar refractivity (Wildman–Crippen MR) is 74.3 cm³/mol.